The van der Waals surface area contributed by atoms with Crippen molar-refractivity contribution in [1.82, 2.24) is 14.0 Å². The van der Waals surface area contributed by atoms with E-state index in [-0.39, 0.29) is 22.7 Å². The Hall–Kier alpha value is -3.69. The zero-order valence-corrected chi connectivity index (χ0v) is 23.0. The molecular weight excluding hydrogens is 512 g/mol. The second-order valence-electron chi connectivity index (χ2n) is 9.25. The van der Waals surface area contributed by atoms with Crippen LogP contribution >= 0.6 is 22.9 Å². The first kappa shape index (κ1) is 26.4. The summed E-state index contributed by atoms with van der Waals surface area (Å²) in [6, 6.07) is 10.5. The molecule has 2 amide bonds. The van der Waals surface area contributed by atoms with E-state index >= 15 is 0 Å². The van der Waals surface area contributed by atoms with Crippen LogP contribution in [0.2, 0.25) is 5.02 Å². The summed E-state index contributed by atoms with van der Waals surface area (Å²) in [6.07, 6.45) is 0. The van der Waals surface area contributed by atoms with Gasteiger partial charge in [-0.05, 0) is 74.2 Å². The summed E-state index contributed by atoms with van der Waals surface area (Å²) in [7, 11) is 3.23. The van der Waals surface area contributed by atoms with Crippen molar-refractivity contribution in [2.75, 3.05) is 19.4 Å². The van der Waals surface area contributed by atoms with Crippen LogP contribution in [0.15, 0.2) is 46.0 Å². The van der Waals surface area contributed by atoms with Crippen molar-refractivity contribution in [1.29, 1.82) is 0 Å². The van der Waals surface area contributed by atoms with Gasteiger partial charge < -0.3 is 10.2 Å². The number of amides is 2. The second-order valence-corrected chi connectivity index (χ2v) is 10.7. The Morgan fingerprint density at radius 2 is 1.70 bits per heavy atom. The van der Waals surface area contributed by atoms with E-state index in [1.54, 1.807) is 45.3 Å². The molecule has 2 aromatic heterocycles. The number of fused-ring (bicyclic) bond motifs is 1. The van der Waals surface area contributed by atoms with Crippen LogP contribution in [0.5, 0.6) is 0 Å². The summed E-state index contributed by atoms with van der Waals surface area (Å²) in [6.45, 7) is 7.02. The quantitative estimate of drug-likeness (QED) is 0.406. The smallest absolute Gasteiger partial charge is 0.337 e. The molecule has 0 aliphatic carbocycles. The fourth-order valence-corrected chi connectivity index (χ4v) is 5.64. The van der Waals surface area contributed by atoms with E-state index in [0.717, 1.165) is 32.6 Å². The lowest BCUT2D eigenvalue weighted by Crippen LogP contribution is -2.40. The third-order valence-electron chi connectivity index (χ3n) is 6.26. The van der Waals surface area contributed by atoms with Crippen molar-refractivity contribution in [2.45, 2.75) is 34.2 Å². The molecule has 2 heterocycles. The van der Waals surface area contributed by atoms with Crippen LogP contribution in [0.1, 0.15) is 31.9 Å². The zero-order valence-electron chi connectivity index (χ0n) is 21.4. The Bertz CT molecular complexity index is 1700. The first-order valence-electron chi connectivity index (χ1n) is 11.5. The lowest BCUT2D eigenvalue weighted by molar-refractivity contribution is -0.116. The summed E-state index contributed by atoms with van der Waals surface area (Å²) in [5.41, 5.74) is 2.93. The van der Waals surface area contributed by atoms with E-state index in [1.807, 2.05) is 32.9 Å². The van der Waals surface area contributed by atoms with E-state index in [0.29, 0.717) is 26.8 Å². The van der Waals surface area contributed by atoms with Gasteiger partial charge in [-0.1, -0.05) is 23.7 Å². The fraction of sp³-hybridized carbons (Fsp3) is 0.259. The maximum absolute atomic E-state index is 13.8. The molecular formula is C27H27ClN4O4S. The van der Waals surface area contributed by atoms with Gasteiger partial charge in [-0.25, -0.2) is 9.36 Å². The third kappa shape index (κ3) is 4.84. The molecule has 4 rings (SSSR count). The van der Waals surface area contributed by atoms with E-state index in [9.17, 15) is 19.2 Å². The Morgan fingerprint density at radius 1 is 1.00 bits per heavy atom. The standard InChI is InChI=1S/C27H27ClN4O4S/c1-14-7-10-20(19(28)11-14)29-21(33)13-31-26-22(17(4)23(37-26)25(35)30(5)6)24(34)32(27(31)36)18-9-8-15(2)16(3)12-18/h7-12H,13H2,1-6H3,(H,29,33). The van der Waals surface area contributed by atoms with E-state index < -0.39 is 17.2 Å². The van der Waals surface area contributed by atoms with Gasteiger partial charge in [0.15, 0.2) is 0 Å². The minimum atomic E-state index is -0.670. The summed E-state index contributed by atoms with van der Waals surface area (Å²) in [4.78, 5) is 55.4. The number of carbonyl (C=O) groups excluding carboxylic acids is 2. The predicted molar refractivity (Wildman–Crippen MR) is 149 cm³/mol. The largest absolute Gasteiger partial charge is 0.344 e. The topological polar surface area (TPSA) is 93.4 Å². The van der Waals surface area contributed by atoms with Gasteiger partial charge in [-0.2, -0.15) is 0 Å². The first-order valence-corrected chi connectivity index (χ1v) is 12.7. The molecule has 0 aliphatic rings. The molecule has 0 aliphatic heterocycles. The molecule has 2 aromatic carbocycles. The molecule has 37 heavy (non-hydrogen) atoms. The highest BCUT2D eigenvalue weighted by atomic mass is 35.5. The van der Waals surface area contributed by atoms with Crippen LogP contribution in [0.3, 0.4) is 0 Å². The number of hydrogen-bond acceptors (Lipinski definition) is 5. The fourth-order valence-electron chi connectivity index (χ4n) is 4.04. The van der Waals surface area contributed by atoms with Crippen LogP contribution in [-0.4, -0.2) is 39.9 Å². The van der Waals surface area contributed by atoms with Gasteiger partial charge >= 0.3 is 5.69 Å². The maximum Gasteiger partial charge on any atom is 0.337 e. The molecule has 192 valence electrons. The van der Waals surface area contributed by atoms with Gasteiger partial charge in [0, 0.05) is 14.1 Å². The Balaban J connectivity index is 1.94. The summed E-state index contributed by atoms with van der Waals surface area (Å²) < 4.78 is 2.30. The molecule has 0 bridgehead atoms. The molecule has 0 fully saturated rings. The third-order valence-corrected chi connectivity index (χ3v) is 7.88. The van der Waals surface area contributed by atoms with Crippen molar-refractivity contribution >= 4 is 50.7 Å². The molecule has 0 radical (unpaired) electrons. The van der Waals surface area contributed by atoms with Crippen molar-refractivity contribution in [3.05, 3.63) is 89.4 Å². The van der Waals surface area contributed by atoms with Crippen molar-refractivity contribution < 1.29 is 9.59 Å². The number of hydrogen-bond donors (Lipinski definition) is 1. The monoisotopic (exact) mass is 538 g/mol. The zero-order chi connectivity index (χ0) is 27.2. The average molecular weight is 539 g/mol. The minimum absolute atomic E-state index is 0.231. The van der Waals surface area contributed by atoms with E-state index in [2.05, 4.69) is 5.32 Å². The number of anilines is 1. The molecule has 8 nitrogen and oxygen atoms in total. The van der Waals surface area contributed by atoms with Gasteiger partial charge in [0.25, 0.3) is 11.5 Å². The molecule has 4 aromatic rings. The van der Waals surface area contributed by atoms with Gasteiger partial charge in [0.1, 0.15) is 11.4 Å². The first-order chi connectivity index (χ1) is 17.4. The van der Waals surface area contributed by atoms with Gasteiger partial charge in [-0.3, -0.25) is 19.0 Å². The van der Waals surface area contributed by atoms with Crippen LogP contribution in [0.25, 0.3) is 15.9 Å². The highest BCUT2D eigenvalue weighted by molar-refractivity contribution is 7.20. The normalized spacial score (nSPS) is 11.1. The lowest BCUT2D eigenvalue weighted by atomic mass is 10.1. The number of rotatable bonds is 5. The number of carbonyl (C=O) groups is 2. The minimum Gasteiger partial charge on any atom is -0.344 e. The molecule has 1 N–H and O–H groups in total. The van der Waals surface area contributed by atoms with E-state index in [1.165, 1.54) is 9.47 Å². The summed E-state index contributed by atoms with van der Waals surface area (Å²) in [5.74, 6) is -0.781. The number of benzene rings is 2. The SMILES string of the molecule is Cc1ccc(NC(=O)Cn2c(=O)n(-c3ccc(C)c(C)c3)c(=O)c3c(C)c(C(=O)N(C)C)sc32)c(Cl)c1. The molecule has 0 unspecified atom stereocenters. The number of aryl methyl sites for hydroxylation is 4. The molecule has 10 heteroatoms. The summed E-state index contributed by atoms with van der Waals surface area (Å²) >= 11 is 7.31. The number of thiophene rings is 1. The van der Waals surface area contributed by atoms with Crippen LogP contribution in [0.4, 0.5) is 5.69 Å². The van der Waals surface area contributed by atoms with Gasteiger partial charge in [-0.15, -0.1) is 11.3 Å². The highest BCUT2D eigenvalue weighted by Gasteiger charge is 2.25. The second kappa shape index (κ2) is 9.99. The molecule has 0 spiro atoms. The number of aromatic nitrogens is 2. The Morgan fingerprint density at radius 3 is 2.32 bits per heavy atom. The number of halogens is 1. The van der Waals surface area contributed by atoms with Crippen molar-refractivity contribution in [3.8, 4) is 5.69 Å². The molecule has 0 atom stereocenters. The van der Waals surface area contributed by atoms with Crippen LogP contribution in [0, 0.1) is 27.7 Å². The van der Waals surface area contributed by atoms with E-state index in [4.69, 9.17) is 11.6 Å². The predicted octanol–water partition coefficient (Wildman–Crippen LogP) is 4.44. The van der Waals surface area contributed by atoms with Crippen molar-refractivity contribution in [3.63, 3.8) is 0 Å². The lowest BCUT2D eigenvalue weighted by Gasteiger charge is -2.14. The molecule has 0 saturated heterocycles. The molecule has 0 saturated carbocycles. The van der Waals surface area contributed by atoms with Crippen LogP contribution < -0.4 is 16.6 Å². The van der Waals surface area contributed by atoms with Gasteiger partial charge in [0.05, 0.1) is 26.7 Å². The Labute approximate surface area is 222 Å². The van der Waals surface area contributed by atoms with Gasteiger partial charge in [0.2, 0.25) is 5.91 Å². The van der Waals surface area contributed by atoms with Crippen LogP contribution in [-0.2, 0) is 11.3 Å². The van der Waals surface area contributed by atoms with Crippen molar-refractivity contribution in [2.24, 2.45) is 0 Å². The summed E-state index contributed by atoms with van der Waals surface area (Å²) in [5, 5.41) is 3.34. The number of nitrogens with one attached hydrogen (secondary N) is 1. The average Bonchev–Trinajstić information content (AvgIpc) is 3.17. The Kier molecular flexibility index (Phi) is 7.12. The number of nitrogens with zero attached hydrogens (tertiary/aromatic N) is 3. The highest BCUT2D eigenvalue weighted by Crippen LogP contribution is 2.29. The maximum atomic E-state index is 13.8.